The molecule has 1 aliphatic rings. The van der Waals surface area contributed by atoms with Crippen LogP contribution in [0.15, 0.2) is 51.4 Å². The van der Waals surface area contributed by atoms with Crippen LogP contribution in [0.3, 0.4) is 0 Å². The van der Waals surface area contributed by atoms with Crippen molar-refractivity contribution in [1.29, 1.82) is 0 Å². The lowest BCUT2D eigenvalue weighted by Gasteiger charge is -2.18. The number of hydrogen-bond acceptors (Lipinski definition) is 4. The van der Waals surface area contributed by atoms with E-state index in [0.717, 1.165) is 10.2 Å². The van der Waals surface area contributed by atoms with Gasteiger partial charge in [0.2, 0.25) is 17.7 Å². The van der Waals surface area contributed by atoms with Crippen LogP contribution < -0.4 is 10.2 Å². The highest BCUT2D eigenvalue weighted by Gasteiger charge is 2.38. The summed E-state index contributed by atoms with van der Waals surface area (Å²) in [5.74, 6) is -0.554. The Morgan fingerprint density at radius 2 is 2.00 bits per heavy atom. The topological polar surface area (TPSA) is 75.4 Å². The van der Waals surface area contributed by atoms with Gasteiger partial charge in [0, 0.05) is 22.1 Å². The highest BCUT2D eigenvalue weighted by atomic mass is 79.9. The Kier molecular flexibility index (Phi) is 4.94. The standard InChI is InChI=1S/C22H22BrN3O3/c1-22(2,3)21-25-16-12-13(8-9-18(16)29-21)24-19(27)14-10-11-26(20(14)28)17-7-5-4-6-15(17)23/h4-9,12,14H,10-11H2,1-3H3,(H,24,27). The first-order chi connectivity index (χ1) is 13.7. The molecule has 1 unspecified atom stereocenters. The summed E-state index contributed by atoms with van der Waals surface area (Å²) >= 11 is 3.47. The SMILES string of the molecule is CC(C)(C)c1nc2cc(NC(=O)C3CCN(c4ccccc4Br)C3=O)ccc2o1. The van der Waals surface area contributed by atoms with Crippen molar-refractivity contribution in [2.45, 2.75) is 32.6 Å². The fourth-order valence-electron chi connectivity index (χ4n) is 3.39. The normalized spacial score (nSPS) is 17.2. The van der Waals surface area contributed by atoms with Crippen LogP contribution in [0.1, 0.15) is 33.1 Å². The number of carbonyl (C=O) groups is 2. The van der Waals surface area contributed by atoms with E-state index in [4.69, 9.17) is 4.42 Å². The minimum Gasteiger partial charge on any atom is -0.440 e. The first-order valence-electron chi connectivity index (χ1n) is 9.52. The van der Waals surface area contributed by atoms with Crippen LogP contribution in [0.4, 0.5) is 11.4 Å². The Bertz CT molecular complexity index is 1100. The number of hydrogen-bond donors (Lipinski definition) is 1. The molecule has 4 rings (SSSR count). The summed E-state index contributed by atoms with van der Waals surface area (Å²) in [6, 6.07) is 12.8. The van der Waals surface area contributed by atoms with E-state index in [1.165, 1.54) is 0 Å². The maximum absolute atomic E-state index is 12.8. The predicted octanol–water partition coefficient (Wildman–Crippen LogP) is 4.88. The predicted molar refractivity (Wildman–Crippen MR) is 116 cm³/mol. The number of amides is 2. The van der Waals surface area contributed by atoms with Gasteiger partial charge in [-0.2, -0.15) is 0 Å². The van der Waals surface area contributed by atoms with Crippen LogP contribution in [0.2, 0.25) is 0 Å². The summed E-state index contributed by atoms with van der Waals surface area (Å²) in [6.45, 7) is 6.60. The molecule has 3 aromatic rings. The third-order valence-corrected chi connectivity index (χ3v) is 5.63. The van der Waals surface area contributed by atoms with Gasteiger partial charge in [-0.3, -0.25) is 9.59 Å². The van der Waals surface area contributed by atoms with Gasteiger partial charge in [0.05, 0.1) is 5.69 Å². The van der Waals surface area contributed by atoms with Crippen LogP contribution in [0, 0.1) is 5.92 Å². The minimum atomic E-state index is -0.708. The van der Waals surface area contributed by atoms with Crippen molar-refractivity contribution in [1.82, 2.24) is 4.98 Å². The highest BCUT2D eigenvalue weighted by molar-refractivity contribution is 9.10. The van der Waals surface area contributed by atoms with E-state index < -0.39 is 5.92 Å². The van der Waals surface area contributed by atoms with Gasteiger partial charge in [-0.1, -0.05) is 32.9 Å². The average molecular weight is 456 g/mol. The molecule has 0 bridgehead atoms. The smallest absolute Gasteiger partial charge is 0.239 e. The zero-order valence-electron chi connectivity index (χ0n) is 16.5. The van der Waals surface area contributed by atoms with Crippen LogP contribution in [0.5, 0.6) is 0 Å². The molecule has 29 heavy (non-hydrogen) atoms. The molecular weight excluding hydrogens is 434 g/mol. The van der Waals surface area contributed by atoms with Crippen LogP contribution in [-0.2, 0) is 15.0 Å². The molecule has 7 heteroatoms. The Hall–Kier alpha value is -2.67. The molecule has 0 saturated carbocycles. The molecule has 1 saturated heterocycles. The number of fused-ring (bicyclic) bond motifs is 1. The number of para-hydroxylation sites is 1. The van der Waals surface area contributed by atoms with E-state index in [2.05, 4.69) is 26.2 Å². The van der Waals surface area contributed by atoms with Crippen molar-refractivity contribution in [2.24, 2.45) is 5.92 Å². The maximum atomic E-state index is 12.8. The van der Waals surface area contributed by atoms with E-state index in [0.29, 0.717) is 35.6 Å². The van der Waals surface area contributed by atoms with Crippen molar-refractivity contribution < 1.29 is 14.0 Å². The third-order valence-electron chi connectivity index (χ3n) is 4.96. The second-order valence-electron chi connectivity index (χ2n) is 8.22. The molecule has 0 spiro atoms. The molecule has 150 valence electrons. The van der Waals surface area contributed by atoms with Gasteiger partial charge in [-0.25, -0.2) is 4.98 Å². The highest BCUT2D eigenvalue weighted by Crippen LogP contribution is 2.32. The number of rotatable bonds is 3. The number of benzene rings is 2. The summed E-state index contributed by atoms with van der Waals surface area (Å²) < 4.78 is 6.63. The largest absolute Gasteiger partial charge is 0.440 e. The Labute approximate surface area is 177 Å². The summed E-state index contributed by atoms with van der Waals surface area (Å²) in [7, 11) is 0. The molecule has 1 N–H and O–H groups in total. The van der Waals surface area contributed by atoms with Gasteiger partial charge >= 0.3 is 0 Å². The quantitative estimate of drug-likeness (QED) is 0.570. The molecule has 0 radical (unpaired) electrons. The zero-order chi connectivity index (χ0) is 20.8. The second-order valence-corrected chi connectivity index (χ2v) is 9.08. The Morgan fingerprint density at radius 1 is 1.24 bits per heavy atom. The lowest BCUT2D eigenvalue weighted by Crippen LogP contribution is -2.33. The fraction of sp³-hybridized carbons (Fsp3) is 0.318. The molecule has 1 atom stereocenters. The number of halogens is 1. The lowest BCUT2D eigenvalue weighted by atomic mass is 9.97. The average Bonchev–Trinajstić information content (AvgIpc) is 3.25. The van der Waals surface area contributed by atoms with Crippen LogP contribution >= 0.6 is 15.9 Å². The van der Waals surface area contributed by atoms with E-state index in [1.54, 1.807) is 23.1 Å². The van der Waals surface area contributed by atoms with Crippen molar-refractivity contribution in [3.05, 3.63) is 52.8 Å². The van der Waals surface area contributed by atoms with E-state index in [1.807, 2.05) is 45.0 Å². The lowest BCUT2D eigenvalue weighted by molar-refractivity contribution is -0.129. The van der Waals surface area contributed by atoms with Gasteiger partial charge < -0.3 is 14.6 Å². The van der Waals surface area contributed by atoms with E-state index in [9.17, 15) is 9.59 Å². The zero-order valence-corrected chi connectivity index (χ0v) is 18.1. The van der Waals surface area contributed by atoms with Gasteiger partial charge in [0.15, 0.2) is 5.58 Å². The first kappa shape index (κ1) is 19.6. The minimum absolute atomic E-state index is 0.188. The number of carbonyl (C=O) groups excluding carboxylic acids is 2. The van der Waals surface area contributed by atoms with Crippen molar-refractivity contribution >= 4 is 50.2 Å². The van der Waals surface area contributed by atoms with Crippen LogP contribution in [-0.4, -0.2) is 23.3 Å². The van der Waals surface area contributed by atoms with Crippen molar-refractivity contribution in [3.63, 3.8) is 0 Å². The van der Waals surface area contributed by atoms with Gasteiger partial charge in [-0.05, 0) is 52.7 Å². The second kappa shape index (κ2) is 7.30. The molecular formula is C22H22BrN3O3. The third kappa shape index (κ3) is 3.79. The van der Waals surface area contributed by atoms with Crippen molar-refractivity contribution in [3.8, 4) is 0 Å². The summed E-state index contributed by atoms with van der Waals surface area (Å²) in [6.07, 6.45) is 0.479. The first-order valence-corrected chi connectivity index (χ1v) is 10.3. The molecule has 1 aliphatic heterocycles. The summed E-state index contributed by atoms with van der Waals surface area (Å²) in [4.78, 5) is 31.8. The van der Waals surface area contributed by atoms with Crippen LogP contribution in [0.25, 0.3) is 11.1 Å². The van der Waals surface area contributed by atoms with Gasteiger partial charge in [0.1, 0.15) is 11.4 Å². The number of oxazole rings is 1. The fourth-order valence-corrected chi connectivity index (χ4v) is 3.89. The molecule has 0 aliphatic carbocycles. The maximum Gasteiger partial charge on any atom is 0.239 e. The number of anilines is 2. The number of nitrogens with zero attached hydrogens (tertiary/aromatic N) is 2. The van der Waals surface area contributed by atoms with Crippen molar-refractivity contribution in [2.75, 3.05) is 16.8 Å². The molecule has 2 amide bonds. The summed E-state index contributed by atoms with van der Waals surface area (Å²) in [5, 5.41) is 2.86. The molecule has 2 aromatic carbocycles. The number of nitrogens with one attached hydrogen (secondary N) is 1. The Balaban J connectivity index is 1.51. The van der Waals surface area contributed by atoms with E-state index >= 15 is 0 Å². The molecule has 1 aromatic heterocycles. The molecule has 1 fully saturated rings. The monoisotopic (exact) mass is 455 g/mol. The summed E-state index contributed by atoms with van der Waals surface area (Å²) in [5.41, 5.74) is 2.54. The number of aromatic nitrogens is 1. The molecule has 2 heterocycles. The Morgan fingerprint density at radius 3 is 2.72 bits per heavy atom. The van der Waals surface area contributed by atoms with Gasteiger partial charge in [-0.15, -0.1) is 0 Å². The van der Waals surface area contributed by atoms with E-state index in [-0.39, 0.29) is 17.2 Å². The van der Waals surface area contributed by atoms with Gasteiger partial charge in [0.25, 0.3) is 0 Å². The molecule has 6 nitrogen and oxygen atoms in total.